The summed E-state index contributed by atoms with van der Waals surface area (Å²) in [7, 11) is 0. The van der Waals surface area contributed by atoms with Crippen molar-refractivity contribution in [2.45, 2.75) is 38.2 Å². The summed E-state index contributed by atoms with van der Waals surface area (Å²) in [4.78, 5) is 14.3. The predicted molar refractivity (Wildman–Crippen MR) is 72.8 cm³/mol. The summed E-state index contributed by atoms with van der Waals surface area (Å²) in [5.41, 5.74) is 0.970. The van der Waals surface area contributed by atoms with E-state index in [1.54, 1.807) is 0 Å². The van der Waals surface area contributed by atoms with Crippen LogP contribution in [-0.4, -0.2) is 22.2 Å². The molecule has 1 aliphatic carbocycles. The Morgan fingerprint density at radius 2 is 1.95 bits per heavy atom. The standard InChI is InChI=1S/C15H17NO3/c17-15(18)13-14(19-10-6-2-1-3-7-10)11-8-4-5-9-12(11)16-13/h4-5,8-10,16H,1-3,6-7H2,(H,17,18). The maximum Gasteiger partial charge on any atom is 0.356 e. The van der Waals surface area contributed by atoms with Gasteiger partial charge in [-0.3, -0.25) is 0 Å². The van der Waals surface area contributed by atoms with Gasteiger partial charge in [0.25, 0.3) is 0 Å². The second-order valence-corrected chi connectivity index (χ2v) is 5.06. The number of fused-ring (bicyclic) bond motifs is 1. The molecular formula is C15H17NO3. The number of nitrogens with one attached hydrogen (secondary N) is 1. The van der Waals surface area contributed by atoms with E-state index in [1.807, 2.05) is 24.3 Å². The molecule has 0 saturated heterocycles. The van der Waals surface area contributed by atoms with Crippen LogP contribution in [0.25, 0.3) is 10.9 Å². The van der Waals surface area contributed by atoms with Crippen molar-refractivity contribution in [3.63, 3.8) is 0 Å². The second kappa shape index (κ2) is 4.96. The van der Waals surface area contributed by atoms with Crippen molar-refractivity contribution < 1.29 is 14.6 Å². The van der Waals surface area contributed by atoms with Gasteiger partial charge < -0.3 is 14.8 Å². The molecule has 0 amide bonds. The average molecular weight is 259 g/mol. The number of benzene rings is 1. The van der Waals surface area contributed by atoms with Gasteiger partial charge in [-0.05, 0) is 37.8 Å². The van der Waals surface area contributed by atoms with Crippen LogP contribution >= 0.6 is 0 Å². The fraction of sp³-hybridized carbons (Fsp3) is 0.400. The molecule has 2 aromatic rings. The highest BCUT2D eigenvalue weighted by Crippen LogP contribution is 2.33. The van der Waals surface area contributed by atoms with Crippen molar-refractivity contribution in [3.8, 4) is 5.75 Å². The van der Waals surface area contributed by atoms with Gasteiger partial charge >= 0.3 is 5.97 Å². The van der Waals surface area contributed by atoms with Gasteiger partial charge in [0.15, 0.2) is 11.4 Å². The van der Waals surface area contributed by atoms with Crippen LogP contribution in [0.4, 0.5) is 0 Å². The van der Waals surface area contributed by atoms with Crippen LogP contribution in [0.3, 0.4) is 0 Å². The minimum absolute atomic E-state index is 0.144. The molecule has 0 spiro atoms. The summed E-state index contributed by atoms with van der Waals surface area (Å²) in [6, 6.07) is 7.55. The Labute approximate surface area is 111 Å². The molecule has 100 valence electrons. The Morgan fingerprint density at radius 3 is 2.68 bits per heavy atom. The lowest BCUT2D eigenvalue weighted by Gasteiger charge is -2.23. The molecule has 1 aromatic heterocycles. The Hall–Kier alpha value is -1.97. The van der Waals surface area contributed by atoms with E-state index >= 15 is 0 Å². The van der Waals surface area contributed by atoms with E-state index < -0.39 is 5.97 Å². The molecule has 4 nitrogen and oxygen atoms in total. The summed E-state index contributed by atoms with van der Waals surface area (Å²) in [5, 5.41) is 10.1. The monoisotopic (exact) mass is 259 g/mol. The summed E-state index contributed by atoms with van der Waals surface area (Å²) in [5.74, 6) is -0.475. The number of aromatic amines is 1. The van der Waals surface area contributed by atoms with Crippen LogP contribution in [0.2, 0.25) is 0 Å². The van der Waals surface area contributed by atoms with E-state index in [0.29, 0.717) is 5.75 Å². The SMILES string of the molecule is O=C(O)c1[nH]c2ccccc2c1OC1CCCCC1. The number of H-pyrrole nitrogens is 1. The van der Waals surface area contributed by atoms with Crippen LogP contribution in [0.1, 0.15) is 42.6 Å². The highest BCUT2D eigenvalue weighted by Gasteiger charge is 2.22. The Morgan fingerprint density at radius 1 is 1.21 bits per heavy atom. The number of hydrogen-bond acceptors (Lipinski definition) is 2. The van der Waals surface area contributed by atoms with Crippen LogP contribution in [0.15, 0.2) is 24.3 Å². The van der Waals surface area contributed by atoms with E-state index in [-0.39, 0.29) is 11.8 Å². The smallest absolute Gasteiger partial charge is 0.356 e. The average Bonchev–Trinajstić information content (AvgIpc) is 2.79. The molecule has 1 heterocycles. The number of para-hydroxylation sites is 1. The Balaban J connectivity index is 1.99. The molecule has 2 N–H and O–H groups in total. The highest BCUT2D eigenvalue weighted by molar-refractivity contribution is 6.00. The molecule has 0 aliphatic heterocycles. The van der Waals surface area contributed by atoms with Gasteiger partial charge in [-0.25, -0.2) is 4.79 Å². The van der Waals surface area contributed by atoms with Crippen LogP contribution in [0.5, 0.6) is 5.75 Å². The molecule has 1 fully saturated rings. The van der Waals surface area contributed by atoms with Gasteiger partial charge in [0.05, 0.1) is 6.10 Å². The first-order valence-corrected chi connectivity index (χ1v) is 6.76. The number of aromatic nitrogens is 1. The lowest BCUT2D eigenvalue weighted by molar-refractivity contribution is 0.0681. The number of ether oxygens (including phenoxy) is 1. The van der Waals surface area contributed by atoms with Crippen molar-refractivity contribution >= 4 is 16.9 Å². The van der Waals surface area contributed by atoms with E-state index in [4.69, 9.17) is 4.74 Å². The lowest BCUT2D eigenvalue weighted by Crippen LogP contribution is -2.20. The maximum absolute atomic E-state index is 11.3. The first-order chi connectivity index (χ1) is 9.25. The lowest BCUT2D eigenvalue weighted by atomic mass is 9.98. The van der Waals surface area contributed by atoms with Gasteiger partial charge in [0, 0.05) is 10.9 Å². The zero-order valence-corrected chi connectivity index (χ0v) is 10.7. The van der Waals surface area contributed by atoms with Gasteiger partial charge in [-0.1, -0.05) is 18.6 Å². The number of aromatic carboxylic acids is 1. The maximum atomic E-state index is 11.3. The third-order valence-electron chi connectivity index (χ3n) is 3.71. The normalized spacial score (nSPS) is 16.6. The van der Waals surface area contributed by atoms with Crippen molar-refractivity contribution in [2.75, 3.05) is 0 Å². The topological polar surface area (TPSA) is 62.3 Å². The van der Waals surface area contributed by atoms with Gasteiger partial charge in [-0.2, -0.15) is 0 Å². The third kappa shape index (κ3) is 2.30. The Kier molecular flexibility index (Phi) is 3.15. The summed E-state index contributed by atoms with van der Waals surface area (Å²) < 4.78 is 5.99. The van der Waals surface area contributed by atoms with Gasteiger partial charge in [-0.15, -0.1) is 0 Å². The number of carboxylic acid groups (broad SMARTS) is 1. The first kappa shape index (κ1) is 12.1. The van der Waals surface area contributed by atoms with Crippen molar-refractivity contribution in [1.82, 2.24) is 4.98 Å². The molecule has 1 aromatic carbocycles. The molecular weight excluding hydrogens is 242 g/mol. The predicted octanol–water partition coefficient (Wildman–Crippen LogP) is 3.58. The minimum atomic E-state index is -0.970. The van der Waals surface area contributed by atoms with E-state index in [2.05, 4.69) is 4.98 Å². The van der Waals surface area contributed by atoms with Crippen LogP contribution in [0, 0.1) is 0 Å². The molecule has 0 radical (unpaired) electrons. The molecule has 4 heteroatoms. The number of carboxylic acids is 1. The molecule has 0 unspecified atom stereocenters. The van der Waals surface area contributed by atoms with Crippen LogP contribution in [-0.2, 0) is 0 Å². The van der Waals surface area contributed by atoms with E-state index in [0.717, 1.165) is 36.6 Å². The molecule has 3 rings (SSSR count). The van der Waals surface area contributed by atoms with E-state index in [1.165, 1.54) is 6.42 Å². The van der Waals surface area contributed by atoms with Crippen molar-refractivity contribution in [2.24, 2.45) is 0 Å². The molecule has 19 heavy (non-hydrogen) atoms. The number of hydrogen-bond donors (Lipinski definition) is 2. The molecule has 1 aliphatic rings. The summed E-state index contributed by atoms with van der Waals surface area (Å²) in [6.07, 6.45) is 5.74. The first-order valence-electron chi connectivity index (χ1n) is 6.76. The fourth-order valence-corrected chi connectivity index (χ4v) is 2.74. The molecule has 0 atom stereocenters. The Bertz CT molecular complexity index is 596. The fourth-order valence-electron chi connectivity index (χ4n) is 2.74. The van der Waals surface area contributed by atoms with Crippen molar-refractivity contribution in [3.05, 3.63) is 30.0 Å². The van der Waals surface area contributed by atoms with Gasteiger partial charge in [0.2, 0.25) is 0 Å². The summed E-state index contributed by atoms with van der Waals surface area (Å²) >= 11 is 0. The molecule has 1 saturated carbocycles. The minimum Gasteiger partial charge on any atom is -0.487 e. The highest BCUT2D eigenvalue weighted by atomic mass is 16.5. The zero-order valence-electron chi connectivity index (χ0n) is 10.7. The number of carbonyl (C=O) groups is 1. The van der Waals surface area contributed by atoms with E-state index in [9.17, 15) is 9.90 Å². The number of rotatable bonds is 3. The quantitative estimate of drug-likeness (QED) is 0.885. The second-order valence-electron chi connectivity index (χ2n) is 5.06. The van der Waals surface area contributed by atoms with Crippen LogP contribution < -0.4 is 4.74 Å². The summed E-state index contributed by atoms with van der Waals surface area (Å²) in [6.45, 7) is 0. The largest absolute Gasteiger partial charge is 0.487 e. The zero-order chi connectivity index (χ0) is 13.2. The van der Waals surface area contributed by atoms with Crippen molar-refractivity contribution in [1.29, 1.82) is 0 Å². The van der Waals surface area contributed by atoms with Gasteiger partial charge in [0.1, 0.15) is 0 Å². The molecule has 0 bridgehead atoms. The third-order valence-corrected chi connectivity index (χ3v) is 3.71.